The minimum atomic E-state index is -0.939. The van der Waals surface area contributed by atoms with Gasteiger partial charge in [0.15, 0.2) is 0 Å². The number of rotatable bonds is 4. The number of carbonyl (C=O) groups excluding carboxylic acids is 2. The van der Waals surface area contributed by atoms with E-state index in [1.165, 1.54) is 36.4 Å². The maximum atomic E-state index is 12.9. The molecule has 1 aromatic heterocycles. The number of hydrogen-bond donors (Lipinski definition) is 0. The van der Waals surface area contributed by atoms with Gasteiger partial charge in [-0.15, -0.1) is 0 Å². The van der Waals surface area contributed by atoms with E-state index in [9.17, 15) is 14.4 Å². The lowest BCUT2D eigenvalue weighted by Gasteiger charge is -2.08. The molecule has 0 aliphatic heterocycles. The fraction of sp³-hybridized carbons (Fsp3) is 0. The molecule has 8 heteroatoms. The minimum Gasteiger partial charge on any atom is -0.456 e. The topological polar surface area (TPSA) is 101 Å². The van der Waals surface area contributed by atoms with Crippen molar-refractivity contribution in [2.75, 3.05) is 0 Å². The third-order valence-corrected chi connectivity index (χ3v) is 4.91. The molecule has 0 spiro atoms. The highest BCUT2D eigenvalue weighted by atomic mass is 16.7. The molecule has 0 saturated heterocycles. The lowest BCUT2D eigenvalue weighted by atomic mass is 10.1. The summed E-state index contributed by atoms with van der Waals surface area (Å²) in [7, 11) is 0. The molecule has 0 N–H and O–H groups in total. The van der Waals surface area contributed by atoms with E-state index in [4.69, 9.17) is 23.4 Å². The number of hydrogen-bond acceptors (Lipinski definition) is 8. The molecular weight excluding hydrogens is 452 g/mol. The molecule has 0 amide bonds. The highest BCUT2D eigenvalue weighted by Crippen LogP contribution is 2.26. The van der Waals surface area contributed by atoms with E-state index in [-0.39, 0.29) is 28.1 Å². The van der Waals surface area contributed by atoms with E-state index in [2.05, 4.69) is 0 Å². The third kappa shape index (κ3) is 4.96. The second-order valence-corrected chi connectivity index (χ2v) is 7.28. The first-order valence-corrected chi connectivity index (χ1v) is 10.5. The summed E-state index contributed by atoms with van der Waals surface area (Å²) in [5.41, 5.74) is 0.0612. The highest BCUT2D eigenvalue weighted by molar-refractivity contribution is 5.91. The van der Waals surface area contributed by atoms with Crippen LogP contribution in [0.15, 0.2) is 106 Å². The van der Waals surface area contributed by atoms with Crippen LogP contribution in [0, 0.1) is 0 Å². The Kier molecular flexibility index (Phi) is 5.83. The van der Waals surface area contributed by atoms with E-state index >= 15 is 0 Å². The number of carbonyl (C=O) groups is 2. The average molecular weight is 468 g/mol. The molecule has 0 radical (unpaired) electrons. The van der Waals surface area contributed by atoms with Gasteiger partial charge in [-0.2, -0.15) is 0 Å². The molecule has 0 fully saturated rings. The van der Waals surface area contributed by atoms with Crippen molar-refractivity contribution < 1.29 is 33.0 Å². The molecule has 0 saturated carbocycles. The zero-order valence-electron chi connectivity index (χ0n) is 18.0. The monoisotopic (exact) mass is 468 g/mol. The lowest BCUT2D eigenvalue weighted by molar-refractivity contribution is 0.150. The van der Waals surface area contributed by atoms with Crippen molar-refractivity contribution in [2.45, 2.75) is 0 Å². The Balaban J connectivity index is 1.38. The molecule has 1 heterocycles. The number of fused-ring (bicyclic) bond motifs is 2. The molecule has 5 aromatic rings. The Morgan fingerprint density at radius 2 is 0.914 bits per heavy atom. The maximum Gasteiger partial charge on any atom is 0.519 e. The van der Waals surface area contributed by atoms with Crippen LogP contribution in [0.4, 0.5) is 9.59 Å². The molecule has 5 rings (SSSR count). The van der Waals surface area contributed by atoms with Gasteiger partial charge in [-0.05, 0) is 48.5 Å². The van der Waals surface area contributed by atoms with E-state index in [0.717, 1.165) is 0 Å². The van der Waals surface area contributed by atoms with Crippen LogP contribution in [0.2, 0.25) is 0 Å². The number of ether oxygens (including phenoxy) is 4. The number of para-hydroxylation sites is 2. The summed E-state index contributed by atoms with van der Waals surface area (Å²) < 4.78 is 26.5. The van der Waals surface area contributed by atoms with Crippen molar-refractivity contribution >= 4 is 34.2 Å². The first-order chi connectivity index (χ1) is 17.0. The Morgan fingerprint density at radius 1 is 0.514 bits per heavy atom. The van der Waals surface area contributed by atoms with E-state index in [1.807, 2.05) is 0 Å². The van der Waals surface area contributed by atoms with Crippen LogP contribution in [0.25, 0.3) is 21.9 Å². The third-order valence-electron chi connectivity index (χ3n) is 4.91. The van der Waals surface area contributed by atoms with E-state index < -0.39 is 12.3 Å². The van der Waals surface area contributed by atoms with Crippen molar-refractivity contribution in [3.63, 3.8) is 0 Å². The summed E-state index contributed by atoms with van der Waals surface area (Å²) in [6.07, 6.45) is -1.88. The van der Waals surface area contributed by atoms with Gasteiger partial charge in [0.2, 0.25) is 5.43 Å². The summed E-state index contributed by atoms with van der Waals surface area (Å²) in [4.78, 5) is 37.1. The summed E-state index contributed by atoms with van der Waals surface area (Å²) in [5.74, 6) is 0.905. The Bertz CT molecular complexity index is 1470. The van der Waals surface area contributed by atoms with E-state index in [0.29, 0.717) is 22.3 Å². The van der Waals surface area contributed by atoms with Gasteiger partial charge in [-0.25, -0.2) is 9.59 Å². The van der Waals surface area contributed by atoms with Crippen LogP contribution in [0.5, 0.6) is 23.0 Å². The molecule has 0 aliphatic carbocycles. The molecule has 35 heavy (non-hydrogen) atoms. The fourth-order valence-electron chi connectivity index (χ4n) is 3.34. The SMILES string of the molecule is O=C(Oc1ccccc1)Oc1ccc2c(=O)c3ccc(OC(=O)Oc4ccccc4)cc3oc2c1. The van der Waals surface area contributed by atoms with Crippen LogP contribution in [0.1, 0.15) is 0 Å². The summed E-state index contributed by atoms with van der Waals surface area (Å²) in [6, 6.07) is 25.6. The van der Waals surface area contributed by atoms with Gasteiger partial charge in [0.25, 0.3) is 0 Å². The molecular formula is C27H16O8. The summed E-state index contributed by atoms with van der Waals surface area (Å²) in [6.45, 7) is 0. The van der Waals surface area contributed by atoms with Crippen LogP contribution in [0.3, 0.4) is 0 Å². The van der Waals surface area contributed by atoms with Gasteiger partial charge in [-0.1, -0.05) is 36.4 Å². The van der Waals surface area contributed by atoms with Crippen LogP contribution < -0.4 is 24.4 Å². The van der Waals surface area contributed by atoms with E-state index in [1.54, 1.807) is 60.7 Å². The maximum absolute atomic E-state index is 12.9. The van der Waals surface area contributed by atoms with Gasteiger partial charge < -0.3 is 23.4 Å². The smallest absolute Gasteiger partial charge is 0.456 e. The van der Waals surface area contributed by atoms with Gasteiger partial charge in [0.05, 0.1) is 10.8 Å². The normalized spacial score (nSPS) is 10.6. The molecule has 172 valence electrons. The quantitative estimate of drug-likeness (QED) is 0.177. The first kappa shape index (κ1) is 21.7. The predicted octanol–water partition coefficient (Wildman–Crippen LogP) is 6.10. The van der Waals surface area contributed by atoms with Gasteiger partial charge >= 0.3 is 12.3 Å². The van der Waals surface area contributed by atoms with Crippen molar-refractivity contribution in [1.29, 1.82) is 0 Å². The molecule has 0 aliphatic rings. The largest absolute Gasteiger partial charge is 0.519 e. The summed E-state index contributed by atoms with van der Waals surface area (Å²) >= 11 is 0. The highest BCUT2D eigenvalue weighted by Gasteiger charge is 2.14. The molecule has 8 nitrogen and oxygen atoms in total. The fourth-order valence-corrected chi connectivity index (χ4v) is 3.34. The second kappa shape index (κ2) is 9.40. The van der Waals surface area contributed by atoms with Crippen LogP contribution in [-0.2, 0) is 0 Å². The van der Waals surface area contributed by atoms with Gasteiger partial charge in [-0.3, -0.25) is 4.79 Å². The molecule has 0 unspecified atom stereocenters. The Morgan fingerprint density at radius 3 is 1.34 bits per heavy atom. The average Bonchev–Trinajstić information content (AvgIpc) is 2.85. The molecule has 0 bridgehead atoms. The van der Waals surface area contributed by atoms with Crippen molar-refractivity contribution in [3.8, 4) is 23.0 Å². The first-order valence-electron chi connectivity index (χ1n) is 10.5. The molecule has 4 aromatic carbocycles. The van der Waals surface area contributed by atoms with Crippen molar-refractivity contribution in [1.82, 2.24) is 0 Å². The zero-order chi connectivity index (χ0) is 24.2. The standard InChI is InChI=1S/C27H16O8/c28-25-21-13-11-19(33-26(29)31-17-7-3-1-4-8-17)15-23(21)35-24-16-20(12-14-22(24)25)34-27(30)32-18-9-5-2-6-10-18/h1-16H. The van der Waals surface area contributed by atoms with Gasteiger partial charge in [0.1, 0.15) is 34.2 Å². The molecule has 0 atom stereocenters. The Labute approximate surface area is 197 Å². The van der Waals surface area contributed by atoms with Crippen LogP contribution >= 0.6 is 0 Å². The second-order valence-electron chi connectivity index (χ2n) is 7.28. The van der Waals surface area contributed by atoms with Crippen LogP contribution in [-0.4, -0.2) is 12.3 Å². The lowest BCUT2D eigenvalue weighted by Crippen LogP contribution is -2.14. The summed E-state index contributed by atoms with van der Waals surface area (Å²) in [5, 5.41) is 0.580. The predicted molar refractivity (Wildman–Crippen MR) is 126 cm³/mol. The van der Waals surface area contributed by atoms with Crippen molar-refractivity contribution in [3.05, 3.63) is 107 Å². The Hall–Kier alpha value is -5.11. The van der Waals surface area contributed by atoms with Crippen molar-refractivity contribution in [2.24, 2.45) is 0 Å². The number of benzene rings is 4. The zero-order valence-corrected chi connectivity index (χ0v) is 18.0. The van der Waals surface area contributed by atoms with Gasteiger partial charge in [0, 0.05) is 12.1 Å². The minimum absolute atomic E-state index is 0.125.